The molecule has 0 saturated heterocycles. The van der Waals surface area contributed by atoms with Gasteiger partial charge in [0.1, 0.15) is 0 Å². The lowest BCUT2D eigenvalue weighted by Gasteiger charge is -2.19. The van der Waals surface area contributed by atoms with E-state index in [0.29, 0.717) is 16.9 Å². The molecule has 5 nitrogen and oxygen atoms in total. The van der Waals surface area contributed by atoms with Gasteiger partial charge >= 0.3 is 0 Å². The Hall–Kier alpha value is -3.47. The van der Waals surface area contributed by atoms with Crippen LogP contribution in [0, 0.1) is 0 Å². The number of anilines is 5. The molecule has 3 rings (SSSR count). The summed E-state index contributed by atoms with van der Waals surface area (Å²) in [4.78, 5) is 12.5. The third-order valence-corrected chi connectivity index (χ3v) is 4.51. The Kier molecular flexibility index (Phi) is 5.27. The Morgan fingerprint density at radius 2 is 1.43 bits per heavy atom. The minimum Gasteiger partial charge on any atom is -0.399 e. The summed E-state index contributed by atoms with van der Waals surface area (Å²) in [6.45, 7) is 6.45. The summed E-state index contributed by atoms with van der Waals surface area (Å²) in [6.07, 6.45) is 0. The van der Waals surface area contributed by atoms with Gasteiger partial charge in [-0.25, -0.2) is 0 Å². The zero-order valence-electron chi connectivity index (χ0n) is 16.4. The van der Waals surface area contributed by atoms with Crippen molar-refractivity contribution in [2.75, 3.05) is 22.1 Å². The molecular weight excluding hydrogens is 348 g/mol. The van der Waals surface area contributed by atoms with Crippen LogP contribution in [0.1, 0.15) is 36.7 Å². The number of amides is 1. The maximum Gasteiger partial charge on any atom is 0.255 e. The van der Waals surface area contributed by atoms with Crippen molar-refractivity contribution < 1.29 is 4.79 Å². The first-order chi connectivity index (χ1) is 13.2. The van der Waals surface area contributed by atoms with Crippen molar-refractivity contribution in [2.45, 2.75) is 26.2 Å². The molecule has 0 atom stereocenters. The molecule has 0 aliphatic carbocycles. The first-order valence-electron chi connectivity index (χ1n) is 9.16. The molecule has 28 heavy (non-hydrogen) atoms. The van der Waals surface area contributed by atoms with Gasteiger partial charge in [0.25, 0.3) is 5.91 Å². The van der Waals surface area contributed by atoms with Gasteiger partial charge in [-0.2, -0.15) is 0 Å². The van der Waals surface area contributed by atoms with Crippen LogP contribution in [0.5, 0.6) is 0 Å². The number of carbonyl (C=O) groups is 1. The Bertz CT molecular complexity index is 971. The Morgan fingerprint density at radius 3 is 2.00 bits per heavy atom. The lowest BCUT2D eigenvalue weighted by atomic mass is 9.87. The predicted molar refractivity (Wildman–Crippen MR) is 118 cm³/mol. The van der Waals surface area contributed by atoms with Crippen molar-refractivity contribution in [2.24, 2.45) is 0 Å². The van der Waals surface area contributed by atoms with Gasteiger partial charge < -0.3 is 22.1 Å². The minimum absolute atomic E-state index is 0.0612. The van der Waals surface area contributed by atoms with E-state index >= 15 is 0 Å². The van der Waals surface area contributed by atoms with Crippen LogP contribution in [-0.2, 0) is 5.41 Å². The van der Waals surface area contributed by atoms with E-state index in [1.54, 1.807) is 12.1 Å². The molecule has 0 aliphatic heterocycles. The lowest BCUT2D eigenvalue weighted by Crippen LogP contribution is -2.14. The summed E-state index contributed by atoms with van der Waals surface area (Å²) in [5.41, 5.74) is 17.1. The van der Waals surface area contributed by atoms with E-state index in [0.717, 1.165) is 17.1 Å². The highest BCUT2D eigenvalue weighted by atomic mass is 16.1. The van der Waals surface area contributed by atoms with Gasteiger partial charge in [-0.15, -0.1) is 0 Å². The van der Waals surface area contributed by atoms with Crippen molar-refractivity contribution in [1.29, 1.82) is 0 Å². The maximum atomic E-state index is 12.5. The van der Waals surface area contributed by atoms with Crippen LogP contribution in [0.25, 0.3) is 0 Å². The average molecular weight is 374 g/mol. The van der Waals surface area contributed by atoms with Gasteiger partial charge in [-0.3, -0.25) is 4.79 Å². The van der Waals surface area contributed by atoms with Crippen LogP contribution in [0.4, 0.5) is 28.4 Å². The zero-order valence-corrected chi connectivity index (χ0v) is 16.4. The number of hydrogen-bond donors (Lipinski definition) is 4. The molecule has 0 aliphatic rings. The molecule has 0 spiro atoms. The predicted octanol–water partition coefficient (Wildman–Crippen LogP) is 5.14. The number of nitrogens with one attached hydrogen (secondary N) is 2. The van der Waals surface area contributed by atoms with Gasteiger partial charge in [-0.05, 0) is 65.6 Å². The highest BCUT2D eigenvalue weighted by Crippen LogP contribution is 2.26. The second kappa shape index (κ2) is 7.64. The molecule has 1 amide bonds. The van der Waals surface area contributed by atoms with E-state index in [4.69, 9.17) is 11.5 Å². The van der Waals surface area contributed by atoms with E-state index in [-0.39, 0.29) is 11.3 Å². The van der Waals surface area contributed by atoms with Gasteiger partial charge in [0.15, 0.2) is 0 Å². The molecule has 0 heterocycles. The summed E-state index contributed by atoms with van der Waals surface area (Å²) >= 11 is 0. The van der Waals surface area contributed by atoms with Crippen LogP contribution < -0.4 is 22.1 Å². The van der Waals surface area contributed by atoms with Gasteiger partial charge in [0.2, 0.25) is 0 Å². The summed E-state index contributed by atoms with van der Waals surface area (Å²) < 4.78 is 0. The van der Waals surface area contributed by atoms with Gasteiger partial charge in [0, 0.05) is 22.6 Å². The standard InChI is InChI=1S/C23H26N4O/c1-23(2,3)16-6-4-15(5-7-16)22(28)27-19-11-9-18(10-12-19)26-21-13-8-17(24)14-20(21)25/h4-14,26H,24-25H2,1-3H3,(H,27,28). The van der Waals surface area contributed by atoms with Crippen molar-refractivity contribution in [3.8, 4) is 0 Å². The van der Waals surface area contributed by atoms with Crippen molar-refractivity contribution in [3.63, 3.8) is 0 Å². The average Bonchev–Trinajstić information content (AvgIpc) is 2.65. The number of carbonyl (C=O) groups excluding carboxylic acids is 1. The Balaban J connectivity index is 1.66. The third kappa shape index (κ3) is 4.62. The summed E-state index contributed by atoms with van der Waals surface area (Å²) in [5.74, 6) is -0.135. The summed E-state index contributed by atoms with van der Waals surface area (Å²) in [6, 6.07) is 20.5. The fourth-order valence-electron chi connectivity index (χ4n) is 2.81. The molecule has 0 unspecified atom stereocenters. The molecule has 0 fully saturated rings. The first-order valence-corrected chi connectivity index (χ1v) is 9.16. The molecular formula is C23H26N4O. The van der Waals surface area contributed by atoms with Crippen LogP contribution in [0.2, 0.25) is 0 Å². The number of benzene rings is 3. The smallest absolute Gasteiger partial charge is 0.255 e. The normalized spacial score (nSPS) is 11.1. The maximum absolute atomic E-state index is 12.5. The van der Waals surface area contributed by atoms with Crippen molar-refractivity contribution in [3.05, 3.63) is 77.9 Å². The number of hydrogen-bond acceptors (Lipinski definition) is 4. The van der Waals surface area contributed by atoms with Crippen molar-refractivity contribution in [1.82, 2.24) is 0 Å². The number of rotatable bonds is 4. The van der Waals surface area contributed by atoms with Crippen LogP contribution in [-0.4, -0.2) is 5.91 Å². The number of nitrogen functional groups attached to an aromatic ring is 2. The Labute approximate surface area is 165 Å². The SMILES string of the molecule is CC(C)(C)c1ccc(C(=O)Nc2ccc(Nc3ccc(N)cc3N)cc2)cc1. The van der Waals surface area contributed by atoms with E-state index in [1.807, 2.05) is 54.6 Å². The quantitative estimate of drug-likeness (QED) is 0.475. The summed E-state index contributed by atoms with van der Waals surface area (Å²) in [5, 5.41) is 6.16. The highest BCUT2D eigenvalue weighted by molar-refractivity contribution is 6.04. The zero-order chi connectivity index (χ0) is 20.3. The molecule has 0 radical (unpaired) electrons. The Morgan fingerprint density at radius 1 is 0.821 bits per heavy atom. The number of nitrogens with two attached hydrogens (primary N) is 2. The molecule has 5 heteroatoms. The highest BCUT2D eigenvalue weighted by Gasteiger charge is 2.14. The first kappa shape index (κ1) is 19.3. The van der Waals surface area contributed by atoms with E-state index in [9.17, 15) is 4.79 Å². The summed E-state index contributed by atoms with van der Waals surface area (Å²) in [7, 11) is 0. The topological polar surface area (TPSA) is 93.2 Å². The molecule has 0 aromatic heterocycles. The van der Waals surface area contributed by atoms with Gasteiger partial charge in [0.05, 0.1) is 11.4 Å². The largest absolute Gasteiger partial charge is 0.399 e. The van der Waals surface area contributed by atoms with Gasteiger partial charge in [-0.1, -0.05) is 32.9 Å². The van der Waals surface area contributed by atoms with E-state index < -0.39 is 0 Å². The van der Waals surface area contributed by atoms with Crippen LogP contribution in [0.15, 0.2) is 66.7 Å². The molecule has 6 N–H and O–H groups in total. The molecule has 3 aromatic carbocycles. The molecule has 144 valence electrons. The molecule has 0 bridgehead atoms. The fraction of sp³-hybridized carbons (Fsp3) is 0.174. The fourth-order valence-corrected chi connectivity index (χ4v) is 2.81. The van der Waals surface area contributed by atoms with Crippen LogP contribution in [0.3, 0.4) is 0 Å². The van der Waals surface area contributed by atoms with E-state index in [1.165, 1.54) is 5.56 Å². The van der Waals surface area contributed by atoms with E-state index in [2.05, 4.69) is 31.4 Å². The van der Waals surface area contributed by atoms with Crippen LogP contribution >= 0.6 is 0 Å². The molecule has 3 aromatic rings. The monoisotopic (exact) mass is 374 g/mol. The second-order valence-electron chi connectivity index (χ2n) is 7.83. The van der Waals surface area contributed by atoms with Crippen molar-refractivity contribution >= 4 is 34.3 Å². The minimum atomic E-state index is -0.135. The lowest BCUT2D eigenvalue weighted by molar-refractivity contribution is 0.102. The third-order valence-electron chi connectivity index (χ3n) is 4.51. The second-order valence-corrected chi connectivity index (χ2v) is 7.83. The molecule has 0 saturated carbocycles.